The van der Waals surface area contributed by atoms with Crippen molar-refractivity contribution in [3.05, 3.63) is 63.6 Å². The SMILES string of the molecule is O=C1CC(C(=O)N2CCSC2c2ccc(Br)cc2)CN1c1ccc(Cl)cc1. The van der Waals surface area contributed by atoms with Crippen molar-refractivity contribution in [2.45, 2.75) is 11.8 Å². The molecule has 4 nitrogen and oxygen atoms in total. The van der Waals surface area contributed by atoms with Crippen molar-refractivity contribution in [3.8, 4) is 0 Å². The summed E-state index contributed by atoms with van der Waals surface area (Å²) in [4.78, 5) is 29.3. The summed E-state index contributed by atoms with van der Waals surface area (Å²) in [6.45, 7) is 1.14. The Kier molecular flexibility index (Phi) is 5.48. The first kappa shape index (κ1) is 18.8. The van der Waals surface area contributed by atoms with Crippen LogP contribution in [0.4, 0.5) is 5.69 Å². The second-order valence-corrected chi connectivity index (χ2v) is 9.23. The lowest BCUT2D eigenvalue weighted by molar-refractivity contribution is -0.136. The number of halogens is 2. The van der Waals surface area contributed by atoms with Crippen LogP contribution in [-0.2, 0) is 9.59 Å². The molecule has 2 aromatic carbocycles. The first-order chi connectivity index (χ1) is 13.0. The number of rotatable bonds is 3. The number of hydrogen-bond donors (Lipinski definition) is 0. The van der Waals surface area contributed by atoms with E-state index in [1.165, 1.54) is 0 Å². The highest BCUT2D eigenvalue weighted by Gasteiger charge is 2.40. The van der Waals surface area contributed by atoms with E-state index in [-0.39, 0.29) is 29.5 Å². The lowest BCUT2D eigenvalue weighted by atomic mass is 10.1. The van der Waals surface area contributed by atoms with Gasteiger partial charge < -0.3 is 9.80 Å². The molecule has 0 aliphatic carbocycles. The van der Waals surface area contributed by atoms with Crippen LogP contribution in [0.3, 0.4) is 0 Å². The predicted molar refractivity (Wildman–Crippen MR) is 113 cm³/mol. The molecule has 0 saturated carbocycles. The van der Waals surface area contributed by atoms with Crippen molar-refractivity contribution in [1.29, 1.82) is 0 Å². The normalized spacial score (nSPS) is 22.5. The van der Waals surface area contributed by atoms with E-state index in [0.29, 0.717) is 11.6 Å². The first-order valence-electron chi connectivity index (χ1n) is 8.76. The van der Waals surface area contributed by atoms with E-state index >= 15 is 0 Å². The lowest BCUT2D eigenvalue weighted by Crippen LogP contribution is -2.37. The molecule has 2 atom stereocenters. The molecule has 0 radical (unpaired) electrons. The maximum atomic E-state index is 13.2. The average molecular weight is 466 g/mol. The topological polar surface area (TPSA) is 40.6 Å². The van der Waals surface area contributed by atoms with Crippen molar-refractivity contribution in [3.63, 3.8) is 0 Å². The van der Waals surface area contributed by atoms with Crippen LogP contribution >= 0.6 is 39.3 Å². The van der Waals surface area contributed by atoms with E-state index in [0.717, 1.165) is 28.0 Å². The third kappa shape index (κ3) is 3.89. The van der Waals surface area contributed by atoms with E-state index in [1.807, 2.05) is 41.3 Å². The standard InChI is InChI=1S/C20H18BrClN2O2S/c21-15-3-1-13(2-4-15)20-23(9-10-27-20)19(26)14-11-18(25)24(12-14)17-7-5-16(22)6-8-17/h1-8,14,20H,9-12H2. The number of anilines is 1. The van der Waals surface area contributed by atoms with Crippen LogP contribution in [0.25, 0.3) is 0 Å². The molecular weight excluding hydrogens is 448 g/mol. The van der Waals surface area contributed by atoms with Gasteiger partial charge in [-0.05, 0) is 42.0 Å². The van der Waals surface area contributed by atoms with Gasteiger partial charge in [0.1, 0.15) is 5.37 Å². The molecule has 2 aliphatic rings. The molecule has 2 aromatic rings. The highest BCUT2D eigenvalue weighted by atomic mass is 79.9. The summed E-state index contributed by atoms with van der Waals surface area (Å²) in [5, 5.41) is 0.648. The number of amides is 2. The second-order valence-electron chi connectivity index (χ2n) is 6.69. The Bertz CT molecular complexity index is 859. The number of hydrogen-bond acceptors (Lipinski definition) is 3. The third-order valence-electron chi connectivity index (χ3n) is 4.94. The summed E-state index contributed by atoms with van der Waals surface area (Å²) in [5.74, 6) is 0.666. The van der Waals surface area contributed by atoms with Crippen LogP contribution < -0.4 is 4.90 Å². The number of carbonyl (C=O) groups excluding carboxylic acids is 2. The summed E-state index contributed by atoms with van der Waals surface area (Å²) >= 11 is 11.2. The quantitative estimate of drug-likeness (QED) is 0.658. The van der Waals surface area contributed by atoms with Gasteiger partial charge in [-0.2, -0.15) is 0 Å². The largest absolute Gasteiger partial charge is 0.325 e. The van der Waals surface area contributed by atoms with Crippen molar-refractivity contribution in [2.75, 3.05) is 23.7 Å². The van der Waals surface area contributed by atoms with E-state index in [9.17, 15) is 9.59 Å². The molecule has 0 N–H and O–H groups in total. The molecule has 0 bridgehead atoms. The highest BCUT2D eigenvalue weighted by Crippen LogP contribution is 2.40. The fraction of sp³-hybridized carbons (Fsp3) is 0.300. The molecule has 140 valence electrons. The van der Waals surface area contributed by atoms with Crippen molar-refractivity contribution in [1.82, 2.24) is 4.90 Å². The molecule has 27 heavy (non-hydrogen) atoms. The van der Waals surface area contributed by atoms with Gasteiger partial charge in [0.15, 0.2) is 0 Å². The third-order valence-corrected chi connectivity index (χ3v) is 6.98. The Morgan fingerprint density at radius 3 is 2.52 bits per heavy atom. The molecule has 2 saturated heterocycles. The van der Waals surface area contributed by atoms with Gasteiger partial charge >= 0.3 is 0 Å². The molecule has 7 heteroatoms. The maximum absolute atomic E-state index is 13.2. The van der Waals surface area contributed by atoms with Gasteiger partial charge in [0.2, 0.25) is 11.8 Å². The van der Waals surface area contributed by atoms with Crippen molar-refractivity contribution < 1.29 is 9.59 Å². The number of thioether (sulfide) groups is 1. The van der Waals surface area contributed by atoms with Gasteiger partial charge in [0.05, 0.1) is 5.92 Å². The Balaban J connectivity index is 1.50. The summed E-state index contributed by atoms with van der Waals surface area (Å²) in [6, 6.07) is 15.3. The summed E-state index contributed by atoms with van der Waals surface area (Å²) in [5.41, 5.74) is 1.91. The Hall–Kier alpha value is -1.50. The minimum atomic E-state index is -0.301. The zero-order chi connectivity index (χ0) is 19.0. The second kappa shape index (κ2) is 7.86. The Labute approximate surface area is 176 Å². The monoisotopic (exact) mass is 464 g/mol. The highest BCUT2D eigenvalue weighted by molar-refractivity contribution is 9.10. The summed E-state index contributed by atoms with van der Waals surface area (Å²) < 4.78 is 1.02. The molecule has 2 amide bonds. The number of benzene rings is 2. The lowest BCUT2D eigenvalue weighted by Gasteiger charge is -2.27. The fourth-order valence-electron chi connectivity index (χ4n) is 3.58. The molecule has 0 aromatic heterocycles. The van der Waals surface area contributed by atoms with Gasteiger partial charge in [-0.1, -0.05) is 39.7 Å². The van der Waals surface area contributed by atoms with Gasteiger partial charge in [-0.3, -0.25) is 9.59 Å². The zero-order valence-corrected chi connectivity index (χ0v) is 17.6. The fourth-order valence-corrected chi connectivity index (χ4v) is 5.23. The van der Waals surface area contributed by atoms with Gasteiger partial charge in [-0.15, -0.1) is 11.8 Å². The zero-order valence-electron chi connectivity index (χ0n) is 14.5. The molecule has 2 unspecified atom stereocenters. The van der Waals surface area contributed by atoms with Gasteiger partial charge in [0.25, 0.3) is 0 Å². The molecule has 0 spiro atoms. The average Bonchev–Trinajstić information content (AvgIpc) is 3.30. The van der Waals surface area contributed by atoms with E-state index in [4.69, 9.17) is 11.6 Å². The van der Waals surface area contributed by atoms with Crippen LogP contribution in [0.5, 0.6) is 0 Å². The van der Waals surface area contributed by atoms with Crippen LogP contribution in [-0.4, -0.2) is 35.6 Å². The molecule has 2 heterocycles. The smallest absolute Gasteiger partial charge is 0.229 e. The van der Waals surface area contributed by atoms with Crippen LogP contribution in [0.2, 0.25) is 5.02 Å². The predicted octanol–water partition coefficient (Wildman–Crippen LogP) is 4.73. The molecule has 4 rings (SSSR count). The number of carbonyl (C=O) groups is 2. The number of nitrogens with zero attached hydrogens (tertiary/aromatic N) is 2. The summed E-state index contributed by atoms with van der Waals surface area (Å²) in [7, 11) is 0. The van der Waals surface area contributed by atoms with Crippen LogP contribution in [0.15, 0.2) is 53.0 Å². The minimum Gasteiger partial charge on any atom is -0.325 e. The molecule has 2 fully saturated rings. The van der Waals surface area contributed by atoms with Gasteiger partial charge in [0, 0.05) is 40.4 Å². The van der Waals surface area contributed by atoms with E-state index in [2.05, 4.69) is 15.9 Å². The van der Waals surface area contributed by atoms with Gasteiger partial charge in [-0.25, -0.2) is 0 Å². The Morgan fingerprint density at radius 2 is 1.81 bits per heavy atom. The summed E-state index contributed by atoms with van der Waals surface area (Å²) in [6.07, 6.45) is 0.260. The van der Waals surface area contributed by atoms with E-state index in [1.54, 1.807) is 28.8 Å². The molecular formula is C20H18BrClN2O2S. The van der Waals surface area contributed by atoms with Crippen LogP contribution in [0, 0.1) is 5.92 Å². The van der Waals surface area contributed by atoms with Crippen molar-refractivity contribution >= 4 is 56.8 Å². The first-order valence-corrected chi connectivity index (χ1v) is 11.0. The molecule has 2 aliphatic heterocycles. The minimum absolute atomic E-state index is 0.0114. The maximum Gasteiger partial charge on any atom is 0.229 e. The van der Waals surface area contributed by atoms with Crippen LogP contribution in [0.1, 0.15) is 17.4 Å². The van der Waals surface area contributed by atoms with E-state index < -0.39 is 0 Å². The van der Waals surface area contributed by atoms with Crippen molar-refractivity contribution in [2.24, 2.45) is 5.92 Å². The Morgan fingerprint density at radius 1 is 1.11 bits per heavy atom.